The molecule has 1 saturated heterocycles. The van der Waals surface area contributed by atoms with Crippen LogP contribution in [0.25, 0.3) is 0 Å². The number of anilines is 1. The van der Waals surface area contributed by atoms with Crippen LogP contribution in [0.5, 0.6) is 0 Å². The summed E-state index contributed by atoms with van der Waals surface area (Å²) in [6, 6.07) is 9.73. The molecule has 3 N–H and O–H groups in total. The van der Waals surface area contributed by atoms with E-state index in [4.69, 9.17) is 5.73 Å². The van der Waals surface area contributed by atoms with Crippen LogP contribution in [-0.4, -0.2) is 40.5 Å². The van der Waals surface area contributed by atoms with Crippen LogP contribution in [0.1, 0.15) is 12.0 Å². The van der Waals surface area contributed by atoms with Crippen LogP contribution in [-0.2, 0) is 21.1 Å². The average Bonchev–Trinajstić information content (AvgIpc) is 2.90. The van der Waals surface area contributed by atoms with Gasteiger partial charge in [0.25, 0.3) is 0 Å². The highest BCUT2D eigenvalue weighted by atomic mass is 32.2. The van der Waals surface area contributed by atoms with Gasteiger partial charge in [-0.1, -0.05) is 6.07 Å². The molecule has 0 saturated carbocycles. The first-order chi connectivity index (χ1) is 12.9. The van der Waals surface area contributed by atoms with Crippen molar-refractivity contribution < 1.29 is 17.6 Å². The fraction of sp³-hybridized carbons (Fsp3) is 0.316. The summed E-state index contributed by atoms with van der Waals surface area (Å²) in [5.41, 5.74) is 6.50. The molecule has 0 bridgehead atoms. The molecular formula is C19H22FN3O3S. The molecule has 1 heterocycles. The van der Waals surface area contributed by atoms with Crippen LogP contribution >= 0.6 is 0 Å². The summed E-state index contributed by atoms with van der Waals surface area (Å²) in [5, 5.41) is 3.31. The summed E-state index contributed by atoms with van der Waals surface area (Å²) in [6.07, 6.45) is 0.762. The molecule has 8 heteroatoms. The van der Waals surface area contributed by atoms with Crippen molar-refractivity contribution >= 4 is 21.4 Å². The van der Waals surface area contributed by atoms with Crippen LogP contribution in [0.15, 0.2) is 52.3 Å². The van der Waals surface area contributed by atoms with Crippen LogP contribution in [0.4, 0.5) is 10.1 Å². The molecule has 144 valence electrons. The Morgan fingerprint density at radius 3 is 2.70 bits per heavy atom. The fourth-order valence-corrected chi connectivity index (χ4v) is 4.72. The highest BCUT2D eigenvalue weighted by Gasteiger charge is 2.24. The highest BCUT2D eigenvalue weighted by molar-refractivity contribution is 7.91. The molecule has 1 amide bonds. The number of benzene rings is 2. The second kappa shape index (κ2) is 8.06. The molecule has 3 rings (SSSR count). The number of rotatable bonds is 5. The molecule has 6 nitrogen and oxygen atoms in total. The largest absolute Gasteiger partial charge is 0.370 e. The van der Waals surface area contributed by atoms with Crippen molar-refractivity contribution in [1.29, 1.82) is 0 Å². The number of nitrogens with two attached hydrogens (primary N) is 1. The standard InChI is InChI=1S/C19H22FN3O3S/c20-15-3-1-4-17(13-15)27(25,26)18-6-5-16(11-14(18)12-19(21)24)23-9-2-7-22-8-10-23/h1,3-6,11,13,22H,2,7-10,12H2,(H2,21,24). The number of carbonyl (C=O) groups excluding carboxylic acids is 1. The quantitative estimate of drug-likeness (QED) is 0.806. The van der Waals surface area contributed by atoms with Gasteiger partial charge in [-0.2, -0.15) is 0 Å². The summed E-state index contributed by atoms with van der Waals surface area (Å²) >= 11 is 0. The second-order valence-electron chi connectivity index (χ2n) is 6.49. The van der Waals surface area contributed by atoms with Crippen molar-refractivity contribution in [3.8, 4) is 0 Å². The minimum atomic E-state index is -3.97. The minimum absolute atomic E-state index is 0.0244. The molecule has 1 fully saturated rings. The predicted molar refractivity (Wildman–Crippen MR) is 101 cm³/mol. The molecule has 0 unspecified atom stereocenters. The summed E-state index contributed by atoms with van der Waals surface area (Å²) in [6.45, 7) is 3.37. The molecule has 27 heavy (non-hydrogen) atoms. The number of hydrogen-bond acceptors (Lipinski definition) is 5. The number of sulfone groups is 1. The average molecular weight is 391 g/mol. The smallest absolute Gasteiger partial charge is 0.221 e. The van der Waals surface area contributed by atoms with Crippen molar-refractivity contribution in [2.24, 2.45) is 5.73 Å². The third-order valence-corrected chi connectivity index (χ3v) is 6.36. The summed E-state index contributed by atoms with van der Waals surface area (Å²) in [5.74, 6) is -1.26. The molecule has 0 radical (unpaired) electrons. The van der Waals surface area contributed by atoms with Gasteiger partial charge in [-0.3, -0.25) is 4.79 Å². The minimum Gasteiger partial charge on any atom is -0.370 e. The fourth-order valence-electron chi connectivity index (χ4n) is 3.22. The van der Waals surface area contributed by atoms with E-state index in [-0.39, 0.29) is 16.2 Å². The number of nitrogens with zero attached hydrogens (tertiary/aromatic N) is 1. The van der Waals surface area contributed by atoms with Gasteiger partial charge in [0.1, 0.15) is 5.82 Å². The first-order valence-electron chi connectivity index (χ1n) is 8.75. The van der Waals surface area contributed by atoms with Gasteiger partial charge in [0, 0.05) is 25.3 Å². The Hall–Kier alpha value is -2.45. The Morgan fingerprint density at radius 2 is 1.96 bits per heavy atom. The lowest BCUT2D eigenvalue weighted by atomic mass is 10.1. The molecule has 0 aliphatic carbocycles. The molecule has 1 aliphatic heterocycles. The molecule has 0 spiro atoms. The summed E-state index contributed by atoms with van der Waals surface area (Å²) < 4.78 is 39.5. The molecular weight excluding hydrogens is 369 g/mol. The van der Waals surface area contributed by atoms with Gasteiger partial charge in [-0.25, -0.2) is 12.8 Å². The Labute approximate surface area is 158 Å². The van der Waals surface area contributed by atoms with E-state index in [9.17, 15) is 17.6 Å². The summed E-state index contributed by atoms with van der Waals surface area (Å²) in [7, 11) is -3.97. The molecule has 0 aromatic heterocycles. The number of amides is 1. The van der Waals surface area contributed by atoms with Crippen molar-refractivity contribution in [2.75, 3.05) is 31.1 Å². The van der Waals surface area contributed by atoms with Crippen LogP contribution in [0.2, 0.25) is 0 Å². The van der Waals surface area contributed by atoms with E-state index in [2.05, 4.69) is 10.2 Å². The second-order valence-corrected chi connectivity index (χ2v) is 8.40. The van der Waals surface area contributed by atoms with Gasteiger partial charge in [0.05, 0.1) is 16.2 Å². The molecule has 2 aromatic carbocycles. The monoisotopic (exact) mass is 391 g/mol. The van der Waals surface area contributed by atoms with E-state index in [1.165, 1.54) is 24.3 Å². The SMILES string of the molecule is NC(=O)Cc1cc(N2CCCNCC2)ccc1S(=O)(=O)c1cccc(F)c1. The van der Waals surface area contributed by atoms with Crippen LogP contribution < -0.4 is 16.0 Å². The zero-order valence-electron chi connectivity index (χ0n) is 14.8. The maximum Gasteiger partial charge on any atom is 0.221 e. The van der Waals surface area contributed by atoms with E-state index < -0.39 is 21.6 Å². The van der Waals surface area contributed by atoms with Gasteiger partial charge in [-0.15, -0.1) is 0 Å². The lowest BCUT2D eigenvalue weighted by Gasteiger charge is -2.23. The lowest BCUT2D eigenvalue weighted by molar-refractivity contribution is -0.117. The first-order valence-corrected chi connectivity index (χ1v) is 10.2. The Kier molecular flexibility index (Phi) is 5.76. The van der Waals surface area contributed by atoms with Gasteiger partial charge < -0.3 is 16.0 Å². The topological polar surface area (TPSA) is 92.5 Å². The highest BCUT2D eigenvalue weighted by Crippen LogP contribution is 2.29. The number of hydrogen-bond donors (Lipinski definition) is 2. The predicted octanol–water partition coefficient (Wildman–Crippen LogP) is 1.49. The van der Waals surface area contributed by atoms with Crippen molar-refractivity contribution in [1.82, 2.24) is 5.32 Å². The molecule has 1 aliphatic rings. The van der Waals surface area contributed by atoms with Crippen LogP contribution in [0.3, 0.4) is 0 Å². The first kappa shape index (κ1) is 19.3. The molecule has 2 aromatic rings. The van der Waals surface area contributed by atoms with Crippen molar-refractivity contribution in [2.45, 2.75) is 22.6 Å². The number of primary amides is 1. The Balaban J connectivity index is 2.05. The van der Waals surface area contributed by atoms with Gasteiger partial charge in [0.15, 0.2) is 0 Å². The van der Waals surface area contributed by atoms with E-state index in [1.54, 1.807) is 12.1 Å². The number of halogens is 1. The maximum absolute atomic E-state index is 13.5. The zero-order valence-corrected chi connectivity index (χ0v) is 15.6. The van der Waals surface area contributed by atoms with E-state index in [0.29, 0.717) is 5.56 Å². The lowest BCUT2D eigenvalue weighted by Crippen LogP contribution is -2.28. The van der Waals surface area contributed by atoms with Crippen molar-refractivity contribution in [3.63, 3.8) is 0 Å². The van der Waals surface area contributed by atoms with Gasteiger partial charge >= 0.3 is 0 Å². The van der Waals surface area contributed by atoms with E-state index >= 15 is 0 Å². The number of carbonyl (C=O) groups is 1. The third-order valence-electron chi connectivity index (χ3n) is 4.51. The van der Waals surface area contributed by atoms with Crippen molar-refractivity contribution in [3.05, 3.63) is 53.8 Å². The van der Waals surface area contributed by atoms with Gasteiger partial charge in [-0.05, 0) is 54.9 Å². The third kappa shape index (κ3) is 4.45. The normalized spacial score (nSPS) is 15.4. The van der Waals surface area contributed by atoms with Gasteiger partial charge in [0.2, 0.25) is 15.7 Å². The van der Waals surface area contributed by atoms with E-state index in [0.717, 1.165) is 44.4 Å². The molecule has 0 atom stereocenters. The summed E-state index contributed by atoms with van der Waals surface area (Å²) in [4.78, 5) is 13.5. The van der Waals surface area contributed by atoms with Crippen LogP contribution in [0, 0.1) is 5.82 Å². The zero-order chi connectivity index (χ0) is 19.4. The maximum atomic E-state index is 13.5. The Bertz CT molecular complexity index is 939. The Morgan fingerprint density at radius 1 is 1.15 bits per heavy atom. The van der Waals surface area contributed by atoms with E-state index in [1.807, 2.05) is 0 Å². The number of nitrogens with one attached hydrogen (secondary N) is 1.